The van der Waals surface area contributed by atoms with Crippen molar-refractivity contribution in [2.45, 2.75) is 11.5 Å². The molecule has 0 spiro atoms. The molecule has 2 rings (SSSR count). The van der Waals surface area contributed by atoms with E-state index in [1.807, 2.05) is 0 Å². The van der Waals surface area contributed by atoms with Gasteiger partial charge in [0.05, 0.1) is 4.90 Å². The number of imidazole rings is 1. The highest BCUT2D eigenvalue weighted by atomic mass is 32.2. The highest BCUT2D eigenvalue weighted by Crippen LogP contribution is 2.21. The van der Waals surface area contributed by atoms with Crippen LogP contribution in [0.25, 0.3) is 0 Å². The number of sulfonamides is 1. The number of rotatable bonds is 4. The van der Waals surface area contributed by atoms with Crippen LogP contribution < -0.4 is 9.88 Å². The number of hydrogen-bond donors (Lipinski definition) is 1. The summed E-state index contributed by atoms with van der Waals surface area (Å²) in [6.07, 6.45) is 3.33. The van der Waals surface area contributed by atoms with Gasteiger partial charge in [0.25, 0.3) is 0 Å². The molecule has 2 N–H and O–H groups in total. The highest BCUT2D eigenvalue weighted by molar-refractivity contribution is 7.89. The molecule has 1 aromatic heterocycles. The molecule has 0 saturated carbocycles. The van der Waals surface area contributed by atoms with Gasteiger partial charge in [-0.15, -0.1) is 0 Å². The molecule has 1 aromatic carbocycles. The molecule has 0 atom stereocenters. The Kier molecular flexibility index (Phi) is 3.54. The monoisotopic (exact) mass is 285 g/mol. The Morgan fingerprint density at radius 3 is 2.74 bits per heavy atom. The molecule has 0 amide bonds. The zero-order valence-electron chi connectivity index (χ0n) is 10.1. The van der Waals surface area contributed by atoms with Crippen molar-refractivity contribution >= 4 is 10.0 Å². The summed E-state index contributed by atoms with van der Waals surface area (Å²) in [4.78, 5) is 3.72. The maximum absolute atomic E-state index is 13.6. The first-order valence-electron chi connectivity index (χ1n) is 5.29. The van der Waals surface area contributed by atoms with Crippen LogP contribution in [0, 0.1) is 5.82 Å². The molecular formula is C11H12FN3O3S. The summed E-state index contributed by atoms with van der Waals surface area (Å²) in [6.45, 7) is 0.0785. The zero-order chi connectivity index (χ0) is 14.0. The van der Waals surface area contributed by atoms with Crippen LogP contribution in [0.2, 0.25) is 0 Å². The van der Waals surface area contributed by atoms with E-state index in [2.05, 4.69) is 4.98 Å². The van der Waals surface area contributed by atoms with Gasteiger partial charge in [-0.25, -0.2) is 22.9 Å². The first-order chi connectivity index (χ1) is 8.88. The molecule has 0 aliphatic carbocycles. The summed E-state index contributed by atoms with van der Waals surface area (Å²) < 4.78 is 42.7. The van der Waals surface area contributed by atoms with Crippen molar-refractivity contribution in [1.82, 2.24) is 9.55 Å². The van der Waals surface area contributed by atoms with Crippen molar-refractivity contribution in [1.29, 1.82) is 0 Å². The molecule has 0 unspecified atom stereocenters. The van der Waals surface area contributed by atoms with Crippen LogP contribution in [0.5, 0.6) is 5.75 Å². The predicted octanol–water partition coefficient (Wildman–Crippen LogP) is 0.786. The molecule has 1 heterocycles. The van der Waals surface area contributed by atoms with E-state index in [1.165, 1.54) is 12.1 Å². The average molecular weight is 285 g/mol. The maximum Gasteiger partial charge on any atom is 0.238 e. The summed E-state index contributed by atoms with van der Waals surface area (Å²) in [5.41, 5.74) is 0. The van der Waals surface area contributed by atoms with E-state index in [0.717, 1.165) is 6.07 Å². The second-order valence-electron chi connectivity index (χ2n) is 3.88. The smallest absolute Gasteiger partial charge is 0.238 e. The Bertz CT molecular complexity index is 697. The topological polar surface area (TPSA) is 87.2 Å². The Morgan fingerprint density at radius 1 is 1.47 bits per heavy atom. The number of primary sulfonamides is 1. The molecule has 8 heteroatoms. The third kappa shape index (κ3) is 3.09. The molecular weight excluding hydrogens is 273 g/mol. The average Bonchev–Trinajstić information content (AvgIpc) is 2.72. The van der Waals surface area contributed by atoms with Gasteiger partial charge in [0.1, 0.15) is 12.4 Å². The molecule has 0 fully saturated rings. The van der Waals surface area contributed by atoms with Crippen molar-refractivity contribution in [3.8, 4) is 5.75 Å². The number of hydrogen-bond acceptors (Lipinski definition) is 4. The Balaban J connectivity index is 2.16. The number of nitrogens with zero attached hydrogens (tertiary/aromatic N) is 2. The van der Waals surface area contributed by atoms with Crippen LogP contribution in [-0.4, -0.2) is 18.0 Å². The minimum Gasteiger partial charge on any atom is -0.483 e. The summed E-state index contributed by atoms with van der Waals surface area (Å²) >= 11 is 0. The molecule has 0 aliphatic rings. The third-order valence-corrected chi connectivity index (χ3v) is 3.42. The molecule has 2 aromatic rings. The number of aromatic nitrogens is 2. The normalized spacial score (nSPS) is 11.5. The van der Waals surface area contributed by atoms with Crippen LogP contribution in [0.15, 0.2) is 35.5 Å². The molecule has 0 radical (unpaired) electrons. The Labute approximate surface area is 109 Å². The predicted molar refractivity (Wildman–Crippen MR) is 65.3 cm³/mol. The lowest BCUT2D eigenvalue weighted by Crippen LogP contribution is -2.12. The van der Waals surface area contributed by atoms with Crippen molar-refractivity contribution < 1.29 is 17.5 Å². The molecule has 0 aliphatic heterocycles. The zero-order valence-corrected chi connectivity index (χ0v) is 10.9. The van der Waals surface area contributed by atoms with Crippen LogP contribution >= 0.6 is 0 Å². The summed E-state index contributed by atoms with van der Waals surface area (Å²) in [7, 11) is -2.14. The number of aryl methyl sites for hydroxylation is 1. The first kappa shape index (κ1) is 13.5. The van der Waals surface area contributed by atoms with E-state index in [1.54, 1.807) is 24.0 Å². The largest absolute Gasteiger partial charge is 0.483 e. The molecule has 19 heavy (non-hydrogen) atoms. The fraction of sp³-hybridized carbons (Fsp3) is 0.182. The van der Waals surface area contributed by atoms with E-state index in [4.69, 9.17) is 9.88 Å². The van der Waals surface area contributed by atoms with Crippen molar-refractivity contribution in [2.24, 2.45) is 12.2 Å². The third-order valence-electron chi connectivity index (χ3n) is 2.51. The minimum absolute atomic E-state index is 0.0598. The highest BCUT2D eigenvalue weighted by Gasteiger charge is 2.12. The van der Waals surface area contributed by atoms with E-state index in [0.29, 0.717) is 5.82 Å². The van der Waals surface area contributed by atoms with E-state index >= 15 is 0 Å². The number of halogens is 1. The van der Waals surface area contributed by atoms with E-state index in [9.17, 15) is 12.8 Å². The van der Waals surface area contributed by atoms with Crippen LogP contribution in [0.4, 0.5) is 4.39 Å². The molecule has 102 valence electrons. The maximum atomic E-state index is 13.6. The summed E-state index contributed by atoms with van der Waals surface area (Å²) in [5.74, 6) is -0.231. The fourth-order valence-corrected chi connectivity index (χ4v) is 1.98. The van der Waals surface area contributed by atoms with Crippen LogP contribution in [-0.2, 0) is 23.7 Å². The SMILES string of the molecule is Cn1ccnc1COc1ccc(S(N)(=O)=O)cc1F. The molecule has 6 nitrogen and oxygen atoms in total. The number of nitrogens with two attached hydrogens (primary N) is 1. The van der Waals surface area contributed by atoms with Gasteiger partial charge >= 0.3 is 0 Å². The number of ether oxygens (including phenoxy) is 1. The first-order valence-corrected chi connectivity index (χ1v) is 6.84. The van der Waals surface area contributed by atoms with Gasteiger partial charge in [-0.3, -0.25) is 0 Å². The quantitative estimate of drug-likeness (QED) is 0.899. The van der Waals surface area contributed by atoms with Gasteiger partial charge in [-0.1, -0.05) is 0 Å². The number of benzene rings is 1. The lowest BCUT2D eigenvalue weighted by molar-refractivity contribution is 0.277. The Hall–Kier alpha value is -1.93. The summed E-state index contributed by atoms with van der Waals surface area (Å²) in [5, 5.41) is 4.90. The molecule has 0 saturated heterocycles. The van der Waals surface area contributed by atoms with Crippen LogP contribution in [0.3, 0.4) is 0 Å². The van der Waals surface area contributed by atoms with Crippen LogP contribution in [0.1, 0.15) is 5.82 Å². The van der Waals surface area contributed by atoms with Gasteiger partial charge in [-0.05, 0) is 18.2 Å². The second kappa shape index (κ2) is 4.98. The minimum atomic E-state index is -3.92. The lowest BCUT2D eigenvalue weighted by atomic mass is 10.3. The molecule has 0 bridgehead atoms. The summed E-state index contributed by atoms with van der Waals surface area (Å²) in [6, 6.07) is 3.23. The van der Waals surface area contributed by atoms with Gasteiger partial charge in [-0.2, -0.15) is 0 Å². The van der Waals surface area contributed by atoms with Crippen molar-refractivity contribution in [2.75, 3.05) is 0 Å². The fourth-order valence-electron chi connectivity index (χ4n) is 1.45. The van der Waals surface area contributed by atoms with Gasteiger partial charge < -0.3 is 9.30 Å². The standard InChI is InChI=1S/C11H12FN3O3S/c1-15-5-4-14-11(15)7-18-10-3-2-8(6-9(10)12)19(13,16)17/h2-6H,7H2,1H3,(H2,13,16,17). The van der Waals surface area contributed by atoms with Gasteiger partial charge in [0.2, 0.25) is 10.0 Å². The van der Waals surface area contributed by atoms with Gasteiger partial charge in [0.15, 0.2) is 11.6 Å². The second-order valence-corrected chi connectivity index (χ2v) is 5.44. The van der Waals surface area contributed by atoms with Crippen molar-refractivity contribution in [3.63, 3.8) is 0 Å². The van der Waals surface area contributed by atoms with Gasteiger partial charge in [0, 0.05) is 19.4 Å². The van der Waals surface area contributed by atoms with E-state index < -0.39 is 15.8 Å². The lowest BCUT2D eigenvalue weighted by Gasteiger charge is -2.08. The Morgan fingerprint density at radius 2 is 2.21 bits per heavy atom. The van der Waals surface area contributed by atoms with E-state index in [-0.39, 0.29) is 17.3 Å². The van der Waals surface area contributed by atoms with Crippen molar-refractivity contribution in [3.05, 3.63) is 42.2 Å².